The van der Waals surface area contributed by atoms with Crippen molar-refractivity contribution in [3.05, 3.63) is 29.8 Å². The Morgan fingerprint density at radius 3 is 2.87 bits per heavy atom. The minimum Gasteiger partial charge on any atom is -0.308 e. The van der Waals surface area contributed by atoms with Crippen LogP contribution in [0.4, 0.5) is 5.69 Å². The summed E-state index contributed by atoms with van der Waals surface area (Å²) in [5.74, 6) is 0.290. The number of fused-ring (bicyclic) bond motifs is 3. The fraction of sp³-hybridized carbons (Fsp3) is 0.462. The van der Waals surface area contributed by atoms with Crippen LogP contribution in [0, 0.1) is 0 Å². The van der Waals surface area contributed by atoms with E-state index in [2.05, 4.69) is 32.0 Å². The summed E-state index contributed by atoms with van der Waals surface area (Å²) in [5, 5.41) is 0. The molecule has 3 rings (SSSR count). The lowest BCUT2D eigenvalue weighted by Gasteiger charge is -2.27. The molecule has 0 spiro atoms. The molecule has 1 aromatic rings. The average Bonchev–Trinajstić information content (AvgIpc) is 2.69. The summed E-state index contributed by atoms with van der Waals surface area (Å²) in [7, 11) is 0. The van der Waals surface area contributed by atoms with E-state index in [1.165, 1.54) is 5.56 Å². The van der Waals surface area contributed by atoms with Gasteiger partial charge < -0.3 is 4.90 Å². The molecule has 0 bridgehead atoms. The van der Waals surface area contributed by atoms with Gasteiger partial charge in [-0.1, -0.05) is 32.0 Å². The largest absolute Gasteiger partial charge is 0.308 e. The minimum atomic E-state index is 0.114. The van der Waals surface area contributed by atoms with E-state index < -0.39 is 0 Å². The Morgan fingerprint density at radius 1 is 1.33 bits per heavy atom. The number of nitrogens with zero attached hydrogens (tertiary/aromatic N) is 1. The zero-order valence-electron chi connectivity index (χ0n) is 9.16. The summed E-state index contributed by atoms with van der Waals surface area (Å²) in [4.78, 5) is 13.8. The molecule has 0 radical (unpaired) electrons. The van der Waals surface area contributed by atoms with Crippen LogP contribution in [0.15, 0.2) is 24.3 Å². The van der Waals surface area contributed by atoms with Crippen molar-refractivity contribution in [2.45, 2.75) is 38.1 Å². The topological polar surface area (TPSA) is 20.3 Å². The predicted molar refractivity (Wildman–Crippen MR) is 60.0 cm³/mol. The first-order valence-electron chi connectivity index (χ1n) is 5.54. The Balaban J connectivity index is 2.23. The van der Waals surface area contributed by atoms with Gasteiger partial charge in [-0.15, -0.1) is 0 Å². The molecule has 1 unspecified atom stereocenters. The van der Waals surface area contributed by atoms with E-state index in [0.29, 0.717) is 12.5 Å². The van der Waals surface area contributed by atoms with E-state index in [1.54, 1.807) is 0 Å². The maximum Gasteiger partial charge on any atom is 0.227 e. The molecule has 2 nitrogen and oxygen atoms in total. The molecule has 2 heterocycles. The lowest BCUT2D eigenvalue weighted by Crippen LogP contribution is -2.38. The standard InChI is InChI=1S/C13H15NO/c1-13(2)9-5-3-4-6-10(9)14-11(13)7-8-12(14)15/h3-6,11H,7-8H2,1-2H3. The molecule has 1 saturated heterocycles. The summed E-state index contributed by atoms with van der Waals surface area (Å²) in [6, 6.07) is 8.68. The van der Waals surface area contributed by atoms with Crippen molar-refractivity contribution in [3.63, 3.8) is 0 Å². The smallest absolute Gasteiger partial charge is 0.227 e. The summed E-state index contributed by atoms with van der Waals surface area (Å²) in [6.45, 7) is 4.49. The van der Waals surface area contributed by atoms with E-state index in [0.717, 1.165) is 12.1 Å². The number of benzene rings is 1. The first kappa shape index (κ1) is 8.96. The SMILES string of the molecule is CC1(C)c2ccccc2N2C(=O)CCC21. The van der Waals surface area contributed by atoms with Crippen LogP contribution >= 0.6 is 0 Å². The van der Waals surface area contributed by atoms with E-state index >= 15 is 0 Å². The normalized spacial score (nSPS) is 26.7. The highest BCUT2D eigenvalue weighted by atomic mass is 16.2. The van der Waals surface area contributed by atoms with Crippen molar-refractivity contribution in [3.8, 4) is 0 Å². The lowest BCUT2D eigenvalue weighted by atomic mass is 9.79. The highest BCUT2D eigenvalue weighted by molar-refractivity contribution is 5.99. The van der Waals surface area contributed by atoms with Crippen LogP contribution in [0.2, 0.25) is 0 Å². The third-order valence-electron chi connectivity index (χ3n) is 3.90. The Bertz CT molecular complexity index is 436. The molecule has 1 fully saturated rings. The van der Waals surface area contributed by atoms with Crippen molar-refractivity contribution in [1.29, 1.82) is 0 Å². The molecule has 1 aromatic carbocycles. The monoisotopic (exact) mass is 201 g/mol. The van der Waals surface area contributed by atoms with Crippen LogP contribution in [0.1, 0.15) is 32.3 Å². The molecule has 0 N–H and O–H groups in total. The quantitative estimate of drug-likeness (QED) is 0.631. The van der Waals surface area contributed by atoms with E-state index in [1.807, 2.05) is 11.0 Å². The maximum absolute atomic E-state index is 11.8. The van der Waals surface area contributed by atoms with Gasteiger partial charge in [-0.05, 0) is 18.1 Å². The van der Waals surface area contributed by atoms with Gasteiger partial charge in [0.1, 0.15) is 0 Å². The Morgan fingerprint density at radius 2 is 2.07 bits per heavy atom. The number of anilines is 1. The lowest BCUT2D eigenvalue weighted by molar-refractivity contribution is -0.117. The number of hydrogen-bond acceptors (Lipinski definition) is 1. The van der Waals surface area contributed by atoms with Gasteiger partial charge in [-0.2, -0.15) is 0 Å². The summed E-state index contributed by atoms with van der Waals surface area (Å²) < 4.78 is 0. The first-order chi connectivity index (χ1) is 7.12. The van der Waals surface area contributed by atoms with Crippen LogP contribution < -0.4 is 4.90 Å². The third-order valence-corrected chi connectivity index (χ3v) is 3.90. The van der Waals surface area contributed by atoms with Crippen molar-refractivity contribution in [1.82, 2.24) is 0 Å². The molecular formula is C13H15NO. The van der Waals surface area contributed by atoms with Crippen LogP contribution in [-0.4, -0.2) is 11.9 Å². The Hall–Kier alpha value is -1.31. The van der Waals surface area contributed by atoms with Crippen LogP contribution in [0.25, 0.3) is 0 Å². The molecule has 1 atom stereocenters. The molecule has 15 heavy (non-hydrogen) atoms. The van der Waals surface area contributed by atoms with Gasteiger partial charge in [0.25, 0.3) is 0 Å². The average molecular weight is 201 g/mol. The van der Waals surface area contributed by atoms with Gasteiger partial charge in [0.2, 0.25) is 5.91 Å². The highest BCUT2D eigenvalue weighted by Gasteiger charge is 2.49. The minimum absolute atomic E-state index is 0.114. The van der Waals surface area contributed by atoms with Gasteiger partial charge in [0.05, 0.1) is 0 Å². The second-order valence-electron chi connectivity index (χ2n) is 5.06. The van der Waals surface area contributed by atoms with E-state index in [9.17, 15) is 4.79 Å². The predicted octanol–water partition coefficient (Wildman–Crippen LogP) is 2.47. The number of carbonyl (C=O) groups excluding carboxylic acids is 1. The van der Waals surface area contributed by atoms with Crippen molar-refractivity contribution >= 4 is 11.6 Å². The number of carbonyl (C=O) groups is 1. The molecule has 2 heteroatoms. The van der Waals surface area contributed by atoms with E-state index in [4.69, 9.17) is 0 Å². The summed E-state index contributed by atoms with van der Waals surface area (Å²) >= 11 is 0. The number of hydrogen-bond donors (Lipinski definition) is 0. The Labute approximate surface area is 89.9 Å². The molecule has 2 aliphatic heterocycles. The van der Waals surface area contributed by atoms with Gasteiger partial charge in [0, 0.05) is 23.6 Å². The summed E-state index contributed by atoms with van der Waals surface area (Å²) in [5.41, 5.74) is 2.57. The van der Waals surface area contributed by atoms with Crippen LogP contribution in [0.3, 0.4) is 0 Å². The highest BCUT2D eigenvalue weighted by Crippen LogP contribution is 2.49. The second kappa shape index (κ2) is 2.63. The fourth-order valence-electron chi connectivity index (χ4n) is 3.08. The first-order valence-corrected chi connectivity index (χ1v) is 5.54. The van der Waals surface area contributed by atoms with Gasteiger partial charge in [0.15, 0.2) is 0 Å². The van der Waals surface area contributed by atoms with Crippen molar-refractivity contribution in [2.24, 2.45) is 0 Å². The van der Waals surface area contributed by atoms with Crippen molar-refractivity contribution in [2.75, 3.05) is 4.90 Å². The molecule has 0 saturated carbocycles. The van der Waals surface area contributed by atoms with Gasteiger partial charge in [-0.3, -0.25) is 4.79 Å². The van der Waals surface area contributed by atoms with Crippen LogP contribution in [-0.2, 0) is 10.2 Å². The van der Waals surface area contributed by atoms with Gasteiger partial charge in [-0.25, -0.2) is 0 Å². The number of amides is 1. The number of para-hydroxylation sites is 1. The molecule has 78 valence electrons. The molecule has 2 aliphatic rings. The molecular weight excluding hydrogens is 186 g/mol. The van der Waals surface area contributed by atoms with Gasteiger partial charge >= 0.3 is 0 Å². The van der Waals surface area contributed by atoms with Crippen molar-refractivity contribution < 1.29 is 4.79 Å². The number of rotatable bonds is 0. The molecule has 0 aromatic heterocycles. The summed E-state index contributed by atoms with van der Waals surface area (Å²) in [6.07, 6.45) is 1.71. The van der Waals surface area contributed by atoms with Crippen LogP contribution in [0.5, 0.6) is 0 Å². The Kier molecular flexibility index (Phi) is 1.57. The second-order valence-corrected chi connectivity index (χ2v) is 5.06. The zero-order valence-corrected chi connectivity index (χ0v) is 9.16. The third kappa shape index (κ3) is 0.969. The molecule has 0 aliphatic carbocycles. The molecule has 1 amide bonds. The van der Waals surface area contributed by atoms with E-state index in [-0.39, 0.29) is 11.3 Å². The zero-order chi connectivity index (χ0) is 10.6. The fourth-order valence-corrected chi connectivity index (χ4v) is 3.08. The maximum atomic E-state index is 11.8.